The van der Waals surface area contributed by atoms with Gasteiger partial charge < -0.3 is 21.1 Å². The van der Waals surface area contributed by atoms with Crippen LogP contribution in [-0.2, 0) is 18.4 Å². The second kappa shape index (κ2) is 45.0. The zero-order valence-corrected chi connectivity index (χ0v) is 38.3. The summed E-state index contributed by atoms with van der Waals surface area (Å²) in [4.78, 5) is 22.7. The summed E-state index contributed by atoms with van der Waals surface area (Å²) in [5.41, 5.74) is 5.38. The number of nitrogens with two attached hydrogens (primary N) is 1. The van der Waals surface area contributed by atoms with Crippen molar-refractivity contribution in [1.82, 2.24) is 5.32 Å². The number of carbonyl (C=O) groups excluding carboxylic acids is 1. The van der Waals surface area contributed by atoms with Crippen LogP contribution in [0.15, 0.2) is 97.2 Å². The van der Waals surface area contributed by atoms with Crippen LogP contribution in [0.2, 0.25) is 0 Å². The Bertz CT molecular complexity index is 1240. The summed E-state index contributed by atoms with van der Waals surface area (Å²) >= 11 is 0. The molecule has 0 heterocycles. The van der Waals surface area contributed by atoms with Crippen molar-refractivity contribution in [2.24, 2.45) is 5.73 Å². The smallest absolute Gasteiger partial charge is 0.387 e. The third-order valence-corrected chi connectivity index (χ3v) is 10.6. The summed E-state index contributed by atoms with van der Waals surface area (Å²) in [5, 5.41) is 13.7. The summed E-state index contributed by atoms with van der Waals surface area (Å²) in [7, 11) is -4.37. The highest BCUT2D eigenvalue weighted by molar-refractivity contribution is 7.47. The van der Waals surface area contributed by atoms with Crippen molar-refractivity contribution in [3.8, 4) is 0 Å². The molecule has 5 N–H and O–H groups in total. The minimum Gasteiger partial charge on any atom is -0.387 e. The zero-order valence-electron chi connectivity index (χ0n) is 37.5. The van der Waals surface area contributed by atoms with E-state index < -0.39 is 20.0 Å². The highest BCUT2D eigenvalue weighted by atomic mass is 31.2. The van der Waals surface area contributed by atoms with Gasteiger partial charge in [-0.05, 0) is 83.5 Å². The monoisotopic (exact) mass is 843 g/mol. The van der Waals surface area contributed by atoms with Crippen LogP contribution in [0.4, 0.5) is 0 Å². The molecule has 0 radical (unpaired) electrons. The van der Waals surface area contributed by atoms with Gasteiger partial charge in [0.1, 0.15) is 0 Å². The molecule has 9 heteroatoms. The fourth-order valence-corrected chi connectivity index (χ4v) is 6.91. The maximum atomic E-state index is 12.8. The Morgan fingerprint density at radius 1 is 0.576 bits per heavy atom. The van der Waals surface area contributed by atoms with E-state index in [0.29, 0.717) is 6.42 Å². The van der Waals surface area contributed by atoms with Gasteiger partial charge in [0.25, 0.3) is 0 Å². The van der Waals surface area contributed by atoms with Gasteiger partial charge in [0.15, 0.2) is 0 Å². The number of hydrogen-bond acceptors (Lipinski definition) is 6. The average Bonchev–Trinajstić information content (AvgIpc) is 3.22. The second-order valence-corrected chi connectivity index (χ2v) is 16.7. The van der Waals surface area contributed by atoms with Gasteiger partial charge >= 0.3 is 7.82 Å². The maximum Gasteiger partial charge on any atom is 0.472 e. The van der Waals surface area contributed by atoms with E-state index in [-0.39, 0.29) is 32.1 Å². The fraction of sp³-hybridized carbons (Fsp3) is 0.660. The molecule has 0 aliphatic carbocycles. The van der Waals surface area contributed by atoms with E-state index in [0.717, 1.165) is 70.6 Å². The first-order valence-electron chi connectivity index (χ1n) is 23.4. The van der Waals surface area contributed by atoms with Crippen LogP contribution in [-0.4, -0.2) is 47.8 Å². The Balaban J connectivity index is 4.34. The number of aliphatic hydroxyl groups is 1. The highest BCUT2D eigenvalue weighted by Crippen LogP contribution is 2.43. The van der Waals surface area contributed by atoms with Crippen LogP contribution < -0.4 is 11.1 Å². The van der Waals surface area contributed by atoms with Gasteiger partial charge in [0.05, 0.1) is 25.4 Å². The lowest BCUT2D eigenvalue weighted by molar-refractivity contribution is -0.123. The molecule has 0 aromatic heterocycles. The molecule has 8 nitrogen and oxygen atoms in total. The van der Waals surface area contributed by atoms with Gasteiger partial charge in [-0.2, -0.15) is 0 Å². The molecule has 59 heavy (non-hydrogen) atoms. The Morgan fingerprint density at radius 2 is 1.00 bits per heavy atom. The highest BCUT2D eigenvalue weighted by Gasteiger charge is 2.26. The van der Waals surface area contributed by atoms with Crippen molar-refractivity contribution in [2.75, 3.05) is 19.8 Å². The van der Waals surface area contributed by atoms with Gasteiger partial charge in [-0.15, -0.1) is 0 Å². The summed E-state index contributed by atoms with van der Waals surface area (Å²) in [6.07, 6.45) is 61.8. The minimum absolute atomic E-state index is 0.0614. The van der Waals surface area contributed by atoms with Gasteiger partial charge in [-0.1, -0.05) is 188 Å². The Labute approximate surface area is 362 Å². The normalized spacial score (nSPS) is 14.9. The molecule has 338 valence electrons. The van der Waals surface area contributed by atoms with E-state index in [2.05, 4.69) is 104 Å². The number of phosphoric ester groups is 1. The molecule has 0 bridgehead atoms. The molecule has 0 spiro atoms. The lowest BCUT2D eigenvalue weighted by atomic mass is 10.0. The summed E-state index contributed by atoms with van der Waals surface area (Å²) < 4.78 is 22.1. The molecule has 0 rings (SSSR count). The van der Waals surface area contributed by atoms with Gasteiger partial charge in [0, 0.05) is 13.0 Å². The van der Waals surface area contributed by atoms with Crippen molar-refractivity contribution < 1.29 is 28.4 Å². The van der Waals surface area contributed by atoms with E-state index in [9.17, 15) is 19.4 Å². The van der Waals surface area contributed by atoms with Crippen LogP contribution in [0.1, 0.15) is 181 Å². The topological polar surface area (TPSA) is 131 Å². The van der Waals surface area contributed by atoms with Crippen LogP contribution in [0.5, 0.6) is 0 Å². The number of hydrogen-bond donors (Lipinski definition) is 4. The molecule has 3 atom stereocenters. The zero-order chi connectivity index (χ0) is 43.2. The molecule has 1 amide bonds. The van der Waals surface area contributed by atoms with E-state index in [1.165, 1.54) is 83.5 Å². The maximum absolute atomic E-state index is 12.8. The molecule has 0 saturated heterocycles. The van der Waals surface area contributed by atoms with E-state index in [1.54, 1.807) is 6.08 Å². The number of unbranched alkanes of at least 4 members (excludes halogenated alkanes) is 16. The lowest BCUT2D eigenvalue weighted by Crippen LogP contribution is -2.45. The predicted molar refractivity (Wildman–Crippen MR) is 253 cm³/mol. The number of carbonyl (C=O) groups is 1. The van der Waals surface area contributed by atoms with Crippen molar-refractivity contribution in [3.05, 3.63) is 97.2 Å². The first-order valence-corrected chi connectivity index (χ1v) is 24.9. The molecule has 0 fully saturated rings. The molecule has 0 saturated carbocycles. The average molecular weight is 843 g/mol. The van der Waals surface area contributed by atoms with Crippen molar-refractivity contribution in [1.29, 1.82) is 0 Å². The SMILES string of the molecule is CC/C=C\C/C=C\C/C=C\C/C=C\C/C=C\C/C=C\CCCCC(=O)NC(COP(=O)(O)OCCN)C(O)/C=C/CC/C=C/CCCCCCCCCCCCCCC. The largest absolute Gasteiger partial charge is 0.472 e. The van der Waals surface area contributed by atoms with E-state index in [1.807, 2.05) is 6.08 Å². The van der Waals surface area contributed by atoms with Crippen LogP contribution in [0.3, 0.4) is 0 Å². The fourth-order valence-electron chi connectivity index (χ4n) is 6.15. The second-order valence-electron chi connectivity index (χ2n) is 15.2. The van der Waals surface area contributed by atoms with Gasteiger partial charge in [-0.3, -0.25) is 13.8 Å². The minimum atomic E-state index is -4.37. The molecule has 3 unspecified atom stereocenters. The third kappa shape index (κ3) is 43.3. The van der Waals surface area contributed by atoms with Crippen LogP contribution in [0, 0.1) is 0 Å². The first kappa shape index (κ1) is 56.4. The van der Waals surface area contributed by atoms with E-state index in [4.69, 9.17) is 14.8 Å². The van der Waals surface area contributed by atoms with Crippen LogP contribution >= 0.6 is 7.82 Å². The molecule has 0 aromatic rings. The molecule has 0 aromatic carbocycles. The number of nitrogens with one attached hydrogen (secondary N) is 1. The van der Waals surface area contributed by atoms with Crippen molar-refractivity contribution in [3.63, 3.8) is 0 Å². The van der Waals surface area contributed by atoms with Crippen molar-refractivity contribution >= 4 is 13.7 Å². The molecular weight excluding hydrogens is 756 g/mol. The Morgan fingerprint density at radius 3 is 1.51 bits per heavy atom. The predicted octanol–water partition coefficient (Wildman–Crippen LogP) is 13.6. The number of allylic oxidation sites excluding steroid dienone is 15. The number of aliphatic hydroxyl groups excluding tert-OH is 1. The standard InChI is InChI=1S/C50H87N2O6P/c1-3-5-7-9-11-13-15-17-19-21-23-24-26-28-30-32-34-36-38-40-42-44-50(54)52-48(47-58-59(55,56)57-46-45-51)49(53)43-41-39-37-35-33-31-29-27-25-22-20-18-16-14-12-10-8-6-4-2/h5,7,11,13,17,19,23-24,28,30,33-36,41,43,48-49,53H,3-4,6,8-10,12,14-16,18,20-22,25-27,29,31-32,37-40,42,44-47,51H2,1-2H3,(H,52,54)(H,55,56)/b7-5-,13-11-,19-17-,24-23-,30-28-,35-33+,36-34-,43-41+. The van der Waals surface area contributed by atoms with E-state index >= 15 is 0 Å². The van der Waals surface area contributed by atoms with Gasteiger partial charge in [0.2, 0.25) is 5.91 Å². The molecule has 0 aliphatic heterocycles. The number of amides is 1. The third-order valence-electron chi connectivity index (χ3n) is 9.64. The Kier molecular flexibility index (Phi) is 43.0. The summed E-state index contributed by atoms with van der Waals surface area (Å²) in [5.74, 6) is -0.249. The molecular formula is C50H87N2O6P. The molecule has 0 aliphatic rings. The summed E-state index contributed by atoms with van der Waals surface area (Å²) in [6.45, 7) is 3.95. The Hall–Kier alpha value is -2.58. The van der Waals surface area contributed by atoms with Crippen molar-refractivity contribution in [2.45, 2.75) is 193 Å². The number of phosphoric acid groups is 1. The van der Waals surface area contributed by atoms with Gasteiger partial charge in [-0.25, -0.2) is 4.57 Å². The van der Waals surface area contributed by atoms with Crippen LogP contribution in [0.25, 0.3) is 0 Å². The first-order chi connectivity index (χ1) is 28.9. The quantitative estimate of drug-likeness (QED) is 0.0273. The number of rotatable bonds is 42. The summed E-state index contributed by atoms with van der Waals surface area (Å²) in [6, 6.07) is -0.907. The lowest BCUT2D eigenvalue weighted by Gasteiger charge is -2.23.